The maximum absolute atomic E-state index is 14.0. The van der Waals surface area contributed by atoms with Crippen molar-refractivity contribution in [2.24, 2.45) is 0 Å². The van der Waals surface area contributed by atoms with Crippen LogP contribution in [0.25, 0.3) is 11.3 Å². The minimum absolute atomic E-state index is 0.324. The molecule has 0 unspecified atom stereocenters. The average molecular weight is 311 g/mol. The van der Waals surface area contributed by atoms with Crippen molar-refractivity contribution >= 4 is 27.9 Å². The van der Waals surface area contributed by atoms with Crippen LogP contribution in [0.2, 0.25) is 5.02 Å². The van der Waals surface area contributed by atoms with Crippen LogP contribution in [0.3, 0.4) is 0 Å². The number of hydrogen-bond acceptors (Lipinski definition) is 3. The molecule has 0 bridgehead atoms. The molecule has 1 aliphatic carbocycles. The van der Waals surface area contributed by atoms with E-state index in [1.165, 1.54) is 36.7 Å². The minimum atomic E-state index is -0.371. The minimum Gasteiger partial charge on any atom is -0.389 e. The highest BCUT2D eigenvalue weighted by molar-refractivity contribution is 7.16. The second-order valence-electron chi connectivity index (χ2n) is 5.20. The molecule has 3 rings (SSSR count). The molecule has 2 N–H and O–H groups in total. The summed E-state index contributed by atoms with van der Waals surface area (Å²) in [4.78, 5) is 4.59. The zero-order valence-corrected chi connectivity index (χ0v) is 12.6. The van der Waals surface area contributed by atoms with Gasteiger partial charge in [-0.05, 0) is 25.0 Å². The SMILES string of the molecule is Nc1sc(C2CCCCC2)nc1-c1c(F)cccc1Cl. The number of nitrogens with zero attached hydrogens (tertiary/aromatic N) is 1. The van der Waals surface area contributed by atoms with E-state index in [0.29, 0.717) is 27.2 Å². The summed E-state index contributed by atoms with van der Waals surface area (Å²) in [5, 5.41) is 1.94. The predicted molar refractivity (Wildman–Crippen MR) is 82.8 cm³/mol. The lowest BCUT2D eigenvalue weighted by Gasteiger charge is -2.18. The first-order chi connectivity index (χ1) is 9.66. The van der Waals surface area contributed by atoms with E-state index in [4.69, 9.17) is 17.3 Å². The monoisotopic (exact) mass is 310 g/mol. The van der Waals surface area contributed by atoms with Gasteiger partial charge in [0, 0.05) is 5.92 Å². The second-order valence-corrected chi connectivity index (χ2v) is 6.67. The Morgan fingerprint density at radius 2 is 2.00 bits per heavy atom. The third kappa shape index (κ3) is 2.54. The third-order valence-electron chi connectivity index (χ3n) is 3.82. The molecule has 1 fully saturated rings. The zero-order valence-electron chi connectivity index (χ0n) is 11.0. The maximum atomic E-state index is 14.0. The van der Waals surface area contributed by atoms with Crippen LogP contribution in [0.4, 0.5) is 9.39 Å². The Balaban J connectivity index is 2.00. The highest BCUT2D eigenvalue weighted by Gasteiger charge is 2.23. The van der Waals surface area contributed by atoms with Gasteiger partial charge in [-0.1, -0.05) is 36.9 Å². The average Bonchev–Trinajstić information content (AvgIpc) is 2.82. The zero-order chi connectivity index (χ0) is 14.1. The van der Waals surface area contributed by atoms with Gasteiger partial charge in [-0.2, -0.15) is 0 Å². The van der Waals surface area contributed by atoms with Crippen LogP contribution >= 0.6 is 22.9 Å². The first-order valence-electron chi connectivity index (χ1n) is 6.87. The Bertz CT molecular complexity index is 600. The van der Waals surface area contributed by atoms with E-state index in [9.17, 15) is 4.39 Å². The van der Waals surface area contributed by atoms with Gasteiger partial charge in [0.2, 0.25) is 0 Å². The van der Waals surface area contributed by atoms with Gasteiger partial charge in [0.15, 0.2) is 0 Å². The molecule has 20 heavy (non-hydrogen) atoms. The standard InChI is InChI=1S/C15H16ClFN2S/c16-10-7-4-8-11(17)12(10)13-14(18)20-15(19-13)9-5-2-1-3-6-9/h4,7-9H,1-3,5-6,18H2. The number of anilines is 1. The summed E-state index contributed by atoms with van der Waals surface area (Å²) in [6.45, 7) is 0. The molecular formula is C15H16ClFN2S. The lowest BCUT2D eigenvalue weighted by molar-refractivity contribution is 0.442. The van der Waals surface area contributed by atoms with Crippen LogP contribution < -0.4 is 5.73 Å². The Morgan fingerprint density at radius 1 is 1.25 bits per heavy atom. The lowest BCUT2D eigenvalue weighted by atomic mass is 9.90. The van der Waals surface area contributed by atoms with Crippen molar-refractivity contribution in [3.05, 3.63) is 34.0 Å². The lowest BCUT2D eigenvalue weighted by Crippen LogP contribution is -2.03. The summed E-state index contributed by atoms with van der Waals surface area (Å²) in [5.74, 6) is 0.0973. The van der Waals surface area contributed by atoms with Crippen LogP contribution in [0.1, 0.15) is 43.0 Å². The Kier molecular flexibility index (Phi) is 3.94. The maximum Gasteiger partial charge on any atom is 0.134 e. The number of rotatable bonds is 2. The van der Waals surface area contributed by atoms with Crippen molar-refractivity contribution in [3.63, 3.8) is 0 Å². The molecule has 1 aromatic carbocycles. The Labute approximate surface area is 126 Å². The molecule has 0 radical (unpaired) electrons. The topological polar surface area (TPSA) is 38.9 Å². The predicted octanol–water partition coefficient (Wildman–Crippen LogP) is 5.23. The molecule has 1 heterocycles. The fourth-order valence-corrected chi connectivity index (χ4v) is 4.04. The molecule has 2 nitrogen and oxygen atoms in total. The smallest absolute Gasteiger partial charge is 0.134 e. The van der Waals surface area contributed by atoms with Gasteiger partial charge in [0.05, 0.1) is 15.6 Å². The van der Waals surface area contributed by atoms with E-state index in [1.807, 2.05) is 0 Å². The van der Waals surface area contributed by atoms with Gasteiger partial charge in [0.25, 0.3) is 0 Å². The number of nitrogens with two attached hydrogens (primary N) is 1. The summed E-state index contributed by atoms with van der Waals surface area (Å²) in [6.07, 6.45) is 6.07. The molecule has 5 heteroatoms. The largest absolute Gasteiger partial charge is 0.389 e. The highest BCUT2D eigenvalue weighted by Crippen LogP contribution is 2.41. The van der Waals surface area contributed by atoms with E-state index in [-0.39, 0.29) is 5.82 Å². The normalized spacial score (nSPS) is 16.5. The number of benzene rings is 1. The number of hydrogen-bond donors (Lipinski definition) is 1. The summed E-state index contributed by atoms with van der Waals surface area (Å²) >= 11 is 7.57. The fourth-order valence-electron chi connectivity index (χ4n) is 2.78. The van der Waals surface area contributed by atoms with Crippen molar-refractivity contribution in [1.82, 2.24) is 4.98 Å². The number of halogens is 2. The molecule has 106 valence electrons. The summed E-state index contributed by atoms with van der Waals surface area (Å²) in [6, 6.07) is 4.64. The van der Waals surface area contributed by atoms with E-state index >= 15 is 0 Å². The number of aromatic nitrogens is 1. The summed E-state index contributed by atoms with van der Waals surface area (Å²) in [7, 11) is 0. The fraction of sp³-hybridized carbons (Fsp3) is 0.400. The molecule has 1 aromatic heterocycles. The molecule has 0 aliphatic heterocycles. The van der Waals surface area contributed by atoms with Crippen molar-refractivity contribution in [3.8, 4) is 11.3 Å². The van der Waals surface area contributed by atoms with E-state index < -0.39 is 0 Å². The molecule has 1 aliphatic rings. The van der Waals surface area contributed by atoms with Gasteiger partial charge in [-0.3, -0.25) is 0 Å². The van der Waals surface area contributed by atoms with E-state index in [0.717, 1.165) is 17.8 Å². The molecule has 0 spiro atoms. The van der Waals surface area contributed by atoms with Crippen molar-refractivity contribution < 1.29 is 4.39 Å². The van der Waals surface area contributed by atoms with Crippen LogP contribution in [0.5, 0.6) is 0 Å². The quantitative estimate of drug-likeness (QED) is 0.824. The van der Waals surface area contributed by atoms with E-state index in [1.54, 1.807) is 12.1 Å². The van der Waals surface area contributed by atoms with Gasteiger partial charge in [-0.25, -0.2) is 9.37 Å². The summed E-state index contributed by atoms with van der Waals surface area (Å²) in [5.41, 5.74) is 6.87. The molecule has 1 saturated carbocycles. The first-order valence-corrected chi connectivity index (χ1v) is 8.07. The van der Waals surface area contributed by atoms with Gasteiger partial charge >= 0.3 is 0 Å². The molecule has 0 saturated heterocycles. The van der Waals surface area contributed by atoms with Gasteiger partial charge < -0.3 is 5.73 Å². The second kappa shape index (κ2) is 5.70. The Hall–Kier alpha value is -1.13. The highest BCUT2D eigenvalue weighted by atomic mass is 35.5. The van der Waals surface area contributed by atoms with Gasteiger partial charge in [0.1, 0.15) is 16.5 Å². The van der Waals surface area contributed by atoms with Crippen LogP contribution in [-0.2, 0) is 0 Å². The number of thiazole rings is 1. The van der Waals surface area contributed by atoms with Crippen molar-refractivity contribution in [1.29, 1.82) is 0 Å². The molecular weight excluding hydrogens is 295 g/mol. The molecule has 0 atom stereocenters. The third-order valence-corrected chi connectivity index (χ3v) is 5.19. The Morgan fingerprint density at radius 3 is 2.70 bits per heavy atom. The first kappa shape index (κ1) is 13.8. The van der Waals surface area contributed by atoms with E-state index in [2.05, 4.69) is 4.98 Å². The van der Waals surface area contributed by atoms with Crippen LogP contribution in [-0.4, -0.2) is 4.98 Å². The van der Waals surface area contributed by atoms with Crippen molar-refractivity contribution in [2.75, 3.05) is 5.73 Å². The van der Waals surface area contributed by atoms with Crippen molar-refractivity contribution in [2.45, 2.75) is 38.0 Å². The van der Waals surface area contributed by atoms with Crippen LogP contribution in [0, 0.1) is 5.82 Å². The van der Waals surface area contributed by atoms with Gasteiger partial charge in [-0.15, -0.1) is 11.3 Å². The van der Waals surface area contributed by atoms with Crippen LogP contribution in [0.15, 0.2) is 18.2 Å². The molecule has 2 aromatic rings. The molecule has 0 amide bonds. The summed E-state index contributed by atoms with van der Waals surface area (Å²) < 4.78 is 14.0. The number of nitrogen functional groups attached to an aromatic ring is 1.